The van der Waals surface area contributed by atoms with Gasteiger partial charge >= 0.3 is 0 Å². The minimum Gasteiger partial charge on any atom is -0.455 e. The second kappa shape index (κ2) is 6.75. The lowest BCUT2D eigenvalue weighted by Gasteiger charge is -2.57. The summed E-state index contributed by atoms with van der Waals surface area (Å²) in [6, 6.07) is 22.9. The Morgan fingerprint density at radius 3 is 2.06 bits per heavy atom. The molecule has 4 aliphatic rings. The Balaban J connectivity index is 1.29. The van der Waals surface area contributed by atoms with Crippen LogP contribution in [0.1, 0.15) is 70.4 Å². The first-order valence-electron chi connectivity index (χ1n) is 12.9. The third kappa shape index (κ3) is 3.04. The molecule has 0 aliphatic heterocycles. The highest BCUT2D eigenvalue weighted by molar-refractivity contribution is 6.09. The van der Waals surface area contributed by atoms with Crippen molar-refractivity contribution in [2.75, 3.05) is 0 Å². The van der Waals surface area contributed by atoms with Crippen molar-refractivity contribution in [3.63, 3.8) is 0 Å². The highest BCUT2D eigenvalue weighted by Crippen LogP contribution is 2.60. The van der Waals surface area contributed by atoms with E-state index in [2.05, 4.69) is 81.4 Å². The van der Waals surface area contributed by atoms with Crippen LogP contribution in [-0.2, 0) is 10.8 Å². The van der Waals surface area contributed by atoms with Crippen molar-refractivity contribution in [3.8, 4) is 11.1 Å². The van der Waals surface area contributed by atoms with Crippen LogP contribution in [0.25, 0.3) is 33.1 Å². The van der Waals surface area contributed by atoms with Crippen LogP contribution in [0.2, 0.25) is 0 Å². The van der Waals surface area contributed by atoms with Gasteiger partial charge in [0.15, 0.2) is 0 Å². The fourth-order valence-corrected chi connectivity index (χ4v) is 7.96. The first-order valence-corrected chi connectivity index (χ1v) is 12.9. The van der Waals surface area contributed by atoms with E-state index >= 15 is 0 Å². The zero-order chi connectivity index (χ0) is 22.4. The molecule has 0 unspecified atom stereocenters. The van der Waals surface area contributed by atoms with Gasteiger partial charge in [-0.3, -0.25) is 0 Å². The Morgan fingerprint density at radius 2 is 1.42 bits per heavy atom. The molecule has 1 aromatic heterocycles. The van der Waals surface area contributed by atoms with Gasteiger partial charge in [-0.15, -0.1) is 0 Å². The maximum absolute atomic E-state index is 6.50. The molecule has 0 radical (unpaired) electrons. The van der Waals surface area contributed by atoms with Gasteiger partial charge in [-0.2, -0.15) is 0 Å². The van der Waals surface area contributed by atoms with Crippen molar-refractivity contribution in [2.45, 2.75) is 70.1 Å². The first kappa shape index (κ1) is 19.9. The summed E-state index contributed by atoms with van der Waals surface area (Å²) in [6.45, 7) is 6.77. The number of furan rings is 1. The van der Waals surface area contributed by atoms with Crippen molar-refractivity contribution in [3.05, 3.63) is 71.8 Å². The van der Waals surface area contributed by atoms with Gasteiger partial charge in [-0.05, 0) is 89.9 Å². The van der Waals surface area contributed by atoms with E-state index in [1.807, 2.05) is 0 Å². The van der Waals surface area contributed by atoms with E-state index < -0.39 is 0 Å². The summed E-state index contributed by atoms with van der Waals surface area (Å²) >= 11 is 0. The Labute approximate surface area is 197 Å². The van der Waals surface area contributed by atoms with Gasteiger partial charge in [0.25, 0.3) is 0 Å². The molecule has 4 aromatic rings. The largest absolute Gasteiger partial charge is 0.455 e. The summed E-state index contributed by atoms with van der Waals surface area (Å²) < 4.78 is 6.50. The SMILES string of the molecule is CC(C)(C)c1ccc2c(c1)oc1c(-c3ccc(C45CC6CC(CC(C6)C4)C5)cc3)cccc12. The average molecular weight is 435 g/mol. The lowest BCUT2D eigenvalue weighted by atomic mass is 9.48. The molecule has 1 heteroatoms. The molecule has 4 bridgehead atoms. The molecule has 1 nitrogen and oxygen atoms in total. The van der Waals surface area contributed by atoms with E-state index in [4.69, 9.17) is 4.42 Å². The smallest absolute Gasteiger partial charge is 0.143 e. The molecular weight excluding hydrogens is 400 g/mol. The molecule has 4 aliphatic carbocycles. The molecule has 168 valence electrons. The summed E-state index contributed by atoms with van der Waals surface area (Å²) in [7, 11) is 0. The lowest BCUT2D eigenvalue weighted by Crippen LogP contribution is -2.48. The van der Waals surface area contributed by atoms with E-state index in [1.54, 1.807) is 5.56 Å². The maximum atomic E-state index is 6.50. The molecule has 4 fully saturated rings. The van der Waals surface area contributed by atoms with E-state index in [0.717, 1.165) is 28.9 Å². The second-order valence-corrected chi connectivity index (χ2v) is 12.5. The average Bonchev–Trinajstić information content (AvgIpc) is 3.16. The molecule has 0 spiro atoms. The summed E-state index contributed by atoms with van der Waals surface area (Å²) in [6.07, 6.45) is 8.78. The van der Waals surface area contributed by atoms with Gasteiger partial charge in [-0.1, -0.05) is 75.4 Å². The van der Waals surface area contributed by atoms with Crippen LogP contribution in [0.15, 0.2) is 65.1 Å². The van der Waals surface area contributed by atoms with E-state index in [-0.39, 0.29) is 5.41 Å². The first-order chi connectivity index (χ1) is 15.9. The van der Waals surface area contributed by atoms with Crippen LogP contribution in [-0.4, -0.2) is 0 Å². The Morgan fingerprint density at radius 1 is 0.758 bits per heavy atom. The van der Waals surface area contributed by atoms with E-state index in [0.29, 0.717) is 5.41 Å². The minimum atomic E-state index is 0.114. The Kier molecular flexibility index (Phi) is 4.07. The zero-order valence-corrected chi connectivity index (χ0v) is 20.2. The lowest BCUT2D eigenvalue weighted by molar-refractivity contribution is -0.00518. The molecule has 0 atom stereocenters. The molecular formula is C32H34O. The van der Waals surface area contributed by atoms with E-state index in [9.17, 15) is 0 Å². The normalized spacial score (nSPS) is 28.8. The predicted octanol–water partition coefficient (Wildman–Crippen LogP) is 9.02. The van der Waals surface area contributed by atoms with Crippen molar-refractivity contribution < 1.29 is 4.42 Å². The zero-order valence-electron chi connectivity index (χ0n) is 20.2. The predicted molar refractivity (Wildman–Crippen MR) is 138 cm³/mol. The fourth-order valence-electron chi connectivity index (χ4n) is 7.96. The van der Waals surface area contributed by atoms with Crippen LogP contribution in [0.4, 0.5) is 0 Å². The second-order valence-electron chi connectivity index (χ2n) is 12.5. The van der Waals surface area contributed by atoms with Crippen LogP contribution < -0.4 is 0 Å². The summed E-state index contributed by atoms with van der Waals surface area (Å²) in [4.78, 5) is 0. The van der Waals surface area contributed by atoms with Gasteiger partial charge < -0.3 is 4.42 Å². The fraction of sp³-hybridized carbons (Fsp3) is 0.438. The summed E-state index contributed by atoms with van der Waals surface area (Å²) in [5.41, 5.74) is 7.97. The number of hydrogen-bond acceptors (Lipinski definition) is 1. The minimum absolute atomic E-state index is 0.114. The molecule has 8 rings (SSSR count). The van der Waals surface area contributed by atoms with Crippen molar-refractivity contribution >= 4 is 21.9 Å². The third-order valence-corrected chi connectivity index (χ3v) is 9.21. The molecule has 0 saturated heterocycles. The molecule has 4 saturated carbocycles. The highest BCUT2D eigenvalue weighted by atomic mass is 16.3. The van der Waals surface area contributed by atoms with Crippen LogP contribution >= 0.6 is 0 Å². The molecule has 0 N–H and O–H groups in total. The number of para-hydroxylation sites is 1. The van der Waals surface area contributed by atoms with Crippen LogP contribution in [0.5, 0.6) is 0 Å². The number of fused-ring (bicyclic) bond motifs is 3. The number of benzene rings is 3. The van der Waals surface area contributed by atoms with Gasteiger partial charge in [0.1, 0.15) is 11.2 Å². The standard InChI is InChI=1S/C32H34O/c1-31(2,3)25-11-12-27-28-6-4-5-26(30(28)33-29(27)16-25)23-7-9-24(10-8-23)32-17-20-13-21(18-32)15-22(14-20)19-32/h4-12,16,20-22H,13-15,17-19H2,1-3H3. The molecule has 0 amide bonds. The van der Waals surface area contributed by atoms with Gasteiger partial charge in [0, 0.05) is 16.3 Å². The maximum Gasteiger partial charge on any atom is 0.143 e. The van der Waals surface area contributed by atoms with Crippen molar-refractivity contribution in [1.29, 1.82) is 0 Å². The van der Waals surface area contributed by atoms with Gasteiger partial charge in [0.05, 0.1) is 0 Å². The Bertz CT molecular complexity index is 1330. The summed E-state index contributed by atoms with van der Waals surface area (Å²) in [5, 5.41) is 2.43. The van der Waals surface area contributed by atoms with E-state index in [1.165, 1.54) is 66.0 Å². The molecule has 33 heavy (non-hydrogen) atoms. The monoisotopic (exact) mass is 434 g/mol. The van der Waals surface area contributed by atoms with Crippen LogP contribution in [0, 0.1) is 17.8 Å². The Hall–Kier alpha value is -2.54. The third-order valence-electron chi connectivity index (χ3n) is 9.21. The van der Waals surface area contributed by atoms with Crippen molar-refractivity contribution in [2.24, 2.45) is 17.8 Å². The molecule has 3 aromatic carbocycles. The summed E-state index contributed by atoms with van der Waals surface area (Å²) in [5.74, 6) is 2.95. The highest BCUT2D eigenvalue weighted by Gasteiger charge is 2.51. The van der Waals surface area contributed by atoms with Crippen molar-refractivity contribution in [1.82, 2.24) is 0 Å². The molecule has 1 heterocycles. The van der Waals surface area contributed by atoms with Crippen LogP contribution in [0.3, 0.4) is 0 Å². The number of rotatable bonds is 2. The van der Waals surface area contributed by atoms with Gasteiger partial charge in [-0.25, -0.2) is 0 Å². The number of hydrogen-bond donors (Lipinski definition) is 0. The topological polar surface area (TPSA) is 13.1 Å². The quantitative estimate of drug-likeness (QED) is 0.307. The van der Waals surface area contributed by atoms with Gasteiger partial charge in [0.2, 0.25) is 0 Å².